The predicted molar refractivity (Wildman–Crippen MR) is 247 cm³/mol. The van der Waals surface area contributed by atoms with E-state index in [1.54, 1.807) is 0 Å². The van der Waals surface area contributed by atoms with Gasteiger partial charge in [-0.15, -0.1) is 0 Å². The van der Waals surface area contributed by atoms with Gasteiger partial charge in [-0.2, -0.15) is 0 Å². The van der Waals surface area contributed by atoms with Crippen LogP contribution >= 0.6 is 0 Å². The molecule has 0 radical (unpaired) electrons. The maximum atomic E-state index is 5.26. The zero-order chi connectivity index (χ0) is 39.5. The second-order valence-electron chi connectivity index (χ2n) is 16.1. The van der Waals surface area contributed by atoms with Crippen molar-refractivity contribution < 1.29 is 0 Å². The van der Waals surface area contributed by atoms with Crippen LogP contribution in [0.1, 0.15) is 25.0 Å². The van der Waals surface area contributed by atoms with Crippen LogP contribution in [0, 0.1) is 0 Å². The number of hydrogen-bond donors (Lipinski definition) is 0. The Morgan fingerprint density at radius 2 is 0.881 bits per heavy atom. The van der Waals surface area contributed by atoms with Gasteiger partial charge in [-0.05, 0) is 95.4 Å². The van der Waals surface area contributed by atoms with Crippen molar-refractivity contribution in [2.45, 2.75) is 19.3 Å². The van der Waals surface area contributed by atoms with E-state index in [-0.39, 0.29) is 5.41 Å². The van der Waals surface area contributed by atoms with E-state index in [4.69, 9.17) is 9.97 Å². The molecule has 0 saturated carbocycles. The molecule has 2 heteroatoms. The van der Waals surface area contributed by atoms with Gasteiger partial charge in [0.05, 0.1) is 11.4 Å². The van der Waals surface area contributed by atoms with Crippen LogP contribution in [-0.2, 0) is 5.41 Å². The minimum absolute atomic E-state index is 0.145. The van der Waals surface area contributed by atoms with E-state index in [1.807, 2.05) is 18.2 Å². The van der Waals surface area contributed by atoms with Gasteiger partial charge in [0.2, 0.25) is 0 Å². The Hall–Kier alpha value is -7.42. The van der Waals surface area contributed by atoms with Gasteiger partial charge in [-0.3, -0.25) is 0 Å². The number of benzene rings is 9. The van der Waals surface area contributed by atoms with Crippen LogP contribution in [0.4, 0.5) is 0 Å². The second-order valence-corrected chi connectivity index (χ2v) is 16.1. The first-order valence-electron chi connectivity index (χ1n) is 20.4. The normalized spacial score (nSPS) is 12.7. The highest BCUT2D eigenvalue weighted by molar-refractivity contribution is 6.06. The molecule has 1 heterocycles. The maximum Gasteiger partial charge on any atom is 0.160 e. The molecule has 0 atom stereocenters. The van der Waals surface area contributed by atoms with Crippen molar-refractivity contribution in [2.75, 3.05) is 0 Å². The molecule has 1 aliphatic carbocycles. The fourth-order valence-electron chi connectivity index (χ4n) is 9.46. The Morgan fingerprint density at radius 1 is 0.339 bits per heavy atom. The first-order valence-corrected chi connectivity index (χ1v) is 20.4. The minimum Gasteiger partial charge on any atom is -0.228 e. The summed E-state index contributed by atoms with van der Waals surface area (Å²) in [6.07, 6.45) is 0. The lowest BCUT2D eigenvalue weighted by Gasteiger charge is -2.25. The Kier molecular flexibility index (Phi) is 8.20. The SMILES string of the molecule is CC1(C)c2ccc3ccccc3c2-c2cccc(-c3cccc(-c4ccc(-c5cc(-c6cccc(-c7ccccc7)c6)nc(-c6ccccc6)n5)c5ccccc45)c3)c21. The summed E-state index contributed by atoms with van der Waals surface area (Å²) in [5, 5.41) is 4.94. The Bertz CT molecular complexity index is 3230. The average Bonchev–Trinajstić information content (AvgIpc) is 3.55. The third kappa shape index (κ3) is 5.87. The van der Waals surface area contributed by atoms with Crippen molar-refractivity contribution in [2.24, 2.45) is 0 Å². The standard InChI is InChI=1S/C57H40N2/c1-57(2)51-33-30-38-18-9-10-25-45(38)54(51)50-29-15-28-46(55(50)57)42-23-14-22-41(35-42)44-31-32-49(48-27-12-11-26-47(44)48)53-36-52(58-56(59-53)39-19-7-4-8-20-39)43-24-13-21-40(34-43)37-16-5-3-6-17-37/h3-36H,1-2H3. The van der Waals surface area contributed by atoms with Crippen LogP contribution in [0.3, 0.4) is 0 Å². The van der Waals surface area contributed by atoms with Gasteiger partial charge in [0.25, 0.3) is 0 Å². The summed E-state index contributed by atoms with van der Waals surface area (Å²) in [5.74, 6) is 0.706. The molecule has 11 rings (SSSR count). The predicted octanol–water partition coefficient (Wildman–Crippen LogP) is 15.1. The highest BCUT2D eigenvalue weighted by atomic mass is 14.9. The maximum absolute atomic E-state index is 5.26. The molecule has 59 heavy (non-hydrogen) atoms. The van der Waals surface area contributed by atoms with Gasteiger partial charge in [0.1, 0.15) is 0 Å². The topological polar surface area (TPSA) is 25.8 Å². The smallest absolute Gasteiger partial charge is 0.160 e. The first-order chi connectivity index (χ1) is 29.0. The van der Waals surface area contributed by atoms with E-state index >= 15 is 0 Å². The van der Waals surface area contributed by atoms with Crippen molar-refractivity contribution in [1.82, 2.24) is 9.97 Å². The Labute approximate surface area is 345 Å². The van der Waals surface area contributed by atoms with Crippen molar-refractivity contribution >= 4 is 21.5 Å². The molecule has 0 N–H and O–H groups in total. The van der Waals surface area contributed by atoms with Gasteiger partial charge in [0, 0.05) is 22.1 Å². The fourth-order valence-corrected chi connectivity index (χ4v) is 9.46. The summed E-state index contributed by atoms with van der Waals surface area (Å²) in [6, 6.07) is 74.3. The van der Waals surface area contributed by atoms with Gasteiger partial charge >= 0.3 is 0 Å². The molecule has 0 amide bonds. The van der Waals surface area contributed by atoms with Crippen molar-refractivity contribution in [3.8, 4) is 78.4 Å². The molecule has 9 aromatic carbocycles. The fraction of sp³-hybridized carbons (Fsp3) is 0.0526. The van der Waals surface area contributed by atoms with Crippen LogP contribution in [0.15, 0.2) is 206 Å². The van der Waals surface area contributed by atoms with Gasteiger partial charge in [-0.1, -0.05) is 202 Å². The quantitative estimate of drug-likeness (QED) is 0.169. The zero-order valence-electron chi connectivity index (χ0n) is 33.0. The summed E-state index contributed by atoms with van der Waals surface area (Å²) in [5.41, 5.74) is 17.5. The van der Waals surface area contributed by atoms with Crippen LogP contribution in [0.2, 0.25) is 0 Å². The molecule has 1 aliphatic rings. The van der Waals surface area contributed by atoms with Crippen LogP contribution in [-0.4, -0.2) is 9.97 Å². The largest absolute Gasteiger partial charge is 0.228 e. The van der Waals surface area contributed by atoms with Crippen LogP contribution < -0.4 is 0 Å². The van der Waals surface area contributed by atoms with Crippen molar-refractivity contribution in [3.63, 3.8) is 0 Å². The lowest BCUT2D eigenvalue weighted by Crippen LogP contribution is -2.16. The lowest BCUT2D eigenvalue weighted by molar-refractivity contribution is 0.662. The molecule has 1 aromatic heterocycles. The summed E-state index contributed by atoms with van der Waals surface area (Å²) < 4.78 is 0. The second kappa shape index (κ2) is 13.9. The molecule has 278 valence electrons. The minimum atomic E-state index is -0.145. The van der Waals surface area contributed by atoms with Gasteiger partial charge < -0.3 is 0 Å². The monoisotopic (exact) mass is 752 g/mol. The third-order valence-corrected chi connectivity index (χ3v) is 12.3. The highest BCUT2D eigenvalue weighted by Crippen LogP contribution is 2.54. The van der Waals surface area contributed by atoms with E-state index in [1.165, 1.54) is 66.2 Å². The molecule has 2 nitrogen and oxygen atoms in total. The first kappa shape index (κ1) is 34.8. The van der Waals surface area contributed by atoms with Crippen LogP contribution in [0.25, 0.3) is 100.0 Å². The summed E-state index contributed by atoms with van der Waals surface area (Å²) in [4.78, 5) is 10.4. The molecular formula is C57H40N2. The van der Waals surface area contributed by atoms with E-state index in [9.17, 15) is 0 Å². The molecule has 0 unspecified atom stereocenters. The van der Waals surface area contributed by atoms with Gasteiger partial charge in [-0.25, -0.2) is 9.97 Å². The Balaban J connectivity index is 1.04. The van der Waals surface area contributed by atoms with Crippen molar-refractivity contribution in [3.05, 3.63) is 217 Å². The average molecular weight is 753 g/mol. The summed E-state index contributed by atoms with van der Waals surface area (Å²) in [7, 11) is 0. The molecule has 0 saturated heterocycles. The molecule has 10 aromatic rings. The Morgan fingerprint density at radius 3 is 1.66 bits per heavy atom. The number of fused-ring (bicyclic) bond motifs is 6. The number of aromatic nitrogens is 2. The van der Waals surface area contributed by atoms with E-state index in [0.29, 0.717) is 5.82 Å². The summed E-state index contributed by atoms with van der Waals surface area (Å²) in [6.45, 7) is 4.77. The van der Waals surface area contributed by atoms with E-state index in [2.05, 4.69) is 202 Å². The molecule has 0 fully saturated rings. The molecule has 0 spiro atoms. The number of hydrogen-bond acceptors (Lipinski definition) is 2. The number of nitrogens with zero attached hydrogens (tertiary/aromatic N) is 2. The van der Waals surface area contributed by atoms with Crippen molar-refractivity contribution in [1.29, 1.82) is 0 Å². The molecule has 0 aliphatic heterocycles. The highest BCUT2D eigenvalue weighted by Gasteiger charge is 2.38. The zero-order valence-corrected chi connectivity index (χ0v) is 33.0. The van der Waals surface area contributed by atoms with E-state index < -0.39 is 0 Å². The summed E-state index contributed by atoms with van der Waals surface area (Å²) >= 11 is 0. The van der Waals surface area contributed by atoms with Gasteiger partial charge in [0.15, 0.2) is 5.82 Å². The number of rotatable bonds is 6. The molecular weight excluding hydrogens is 713 g/mol. The third-order valence-electron chi connectivity index (χ3n) is 12.3. The van der Waals surface area contributed by atoms with E-state index in [0.717, 1.165) is 39.0 Å². The molecule has 0 bridgehead atoms. The van der Waals surface area contributed by atoms with Crippen LogP contribution in [0.5, 0.6) is 0 Å². The lowest BCUT2D eigenvalue weighted by atomic mass is 9.78.